The molecule has 0 spiro atoms. The fourth-order valence-corrected chi connectivity index (χ4v) is 3.84. The molecule has 23 heavy (non-hydrogen) atoms. The van der Waals surface area contributed by atoms with Crippen LogP contribution in [0, 0.1) is 13.8 Å². The Bertz CT molecular complexity index is 797. The first-order chi connectivity index (χ1) is 10.7. The van der Waals surface area contributed by atoms with Gasteiger partial charge in [-0.3, -0.25) is 4.79 Å². The predicted molar refractivity (Wildman–Crippen MR) is 91.5 cm³/mol. The van der Waals surface area contributed by atoms with Crippen molar-refractivity contribution in [1.82, 2.24) is 9.29 Å². The standard InChI is InChI=1S/C14H16ClN3O3S2/c1-9-10(2)22-14(16-9)17-13(19)8-18(3)23(20,21)12-6-4-11(15)5-7-12/h4-7H,8H2,1-3H3,(H,16,17,19). The van der Waals surface area contributed by atoms with Crippen LogP contribution in [-0.2, 0) is 14.8 Å². The van der Waals surface area contributed by atoms with E-state index in [4.69, 9.17) is 11.6 Å². The Morgan fingerprint density at radius 1 is 1.30 bits per heavy atom. The molecule has 0 atom stereocenters. The lowest BCUT2D eigenvalue weighted by atomic mass is 10.4. The Morgan fingerprint density at radius 3 is 2.43 bits per heavy atom. The number of likely N-dealkylation sites (N-methyl/N-ethyl adjacent to an activating group) is 1. The molecule has 0 fully saturated rings. The monoisotopic (exact) mass is 373 g/mol. The number of hydrogen-bond donors (Lipinski definition) is 1. The van der Waals surface area contributed by atoms with Crippen LogP contribution in [0.3, 0.4) is 0 Å². The van der Waals surface area contributed by atoms with Crippen molar-refractivity contribution in [3.8, 4) is 0 Å². The number of sulfonamides is 1. The van der Waals surface area contributed by atoms with Crippen LogP contribution in [0.15, 0.2) is 29.2 Å². The van der Waals surface area contributed by atoms with Gasteiger partial charge in [0.2, 0.25) is 15.9 Å². The normalized spacial score (nSPS) is 11.7. The lowest BCUT2D eigenvalue weighted by molar-refractivity contribution is -0.116. The summed E-state index contributed by atoms with van der Waals surface area (Å²) in [4.78, 5) is 17.3. The first-order valence-electron chi connectivity index (χ1n) is 6.66. The number of aryl methyl sites for hydroxylation is 2. The molecule has 0 radical (unpaired) electrons. The van der Waals surface area contributed by atoms with Gasteiger partial charge < -0.3 is 5.32 Å². The van der Waals surface area contributed by atoms with E-state index in [0.29, 0.717) is 10.2 Å². The van der Waals surface area contributed by atoms with Gasteiger partial charge in [0.25, 0.3) is 0 Å². The number of thiazole rings is 1. The molecule has 0 unspecified atom stereocenters. The second kappa shape index (κ2) is 6.96. The first-order valence-corrected chi connectivity index (χ1v) is 9.29. The molecule has 0 saturated carbocycles. The maximum Gasteiger partial charge on any atom is 0.243 e. The summed E-state index contributed by atoms with van der Waals surface area (Å²) in [5, 5.41) is 3.51. The number of hydrogen-bond acceptors (Lipinski definition) is 5. The van der Waals surface area contributed by atoms with E-state index in [1.807, 2.05) is 13.8 Å². The summed E-state index contributed by atoms with van der Waals surface area (Å²) < 4.78 is 25.7. The van der Waals surface area contributed by atoms with Gasteiger partial charge in [0, 0.05) is 16.9 Å². The predicted octanol–water partition coefficient (Wildman–Crippen LogP) is 2.67. The van der Waals surface area contributed by atoms with E-state index >= 15 is 0 Å². The SMILES string of the molecule is Cc1nc(NC(=O)CN(C)S(=O)(=O)c2ccc(Cl)cc2)sc1C. The zero-order chi connectivity index (χ0) is 17.2. The molecule has 1 aromatic carbocycles. The molecule has 1 N–H and O–H groups in total. The van der Waals surface area contributed by atoms with Gasteiger partial charge in [0.1, 0.15) is 0 Å². The van der Waals surface area contributed by atoms with E-state index in [1.165, 1.54) is 42.6 Å². The third-order valence-electron chi connectivity index (χ3n) is 3.16. The Kier molecular flexibility index (Phi) is 5.41. The summed E-state index contributed by atoms with van der Waals surface area (Å²) in [6, 6.07) is 5.78. The van der Waals surface area contributed by atoms with Crippen LogP contribution in [0.25, 0.3) is 0 Å². The zero-order valence-electron chi connectivity index (χ0n) is 12.8. The smallest absolute Gasteiger partial charge is 0.243 e. The second-order valence-corrected chi connectivity index (χ2v) is 8.61. The van der Waals surface area contributed by atoms with Crippen LogP contribution in [0.5, 0.6) is 0 Å². The molecule has 1 amide bonds. The topological polar surface area (TPSA) is 79.4 Å². The van der Waals surface area contributed by atoms with Crippen molar-refractivity contribution in [2.45, 2.75) is 18.7 Å². The van der Waals surface area contributed by atoms with Crippen molar-refractivity contribution in [1.29, 1.82) is 0 Å². The van der Waals surface area contributed by atoms with Crippen LogP contribution < -0.4 is 5.32 Å². The highest BCUT2D eigenvalue weighted by molar-refractivity contribution is 7.89. The molecular weight excluding hydrogens is 358 g/mol. The molecule has 2 rings (SSSR count). The van der Waals surface area contributed by atoms with Gasteiger partial charge in [-0.05, 0) is 38.1 Å². The van der Waals surface area contributed by atoms with Crippen LogP contribution in [-0.4, -0.2) is 37.2 Å². The van der Waals surface area contributed by atoms with Gasteiger partial charge >= 0.3 is 0 Å². The summed E-state index contributed by atoms with van der Waals surface area (Å²) in [6.07, 6.45) is 0. The number of amides is 1. The number of nitrogens with one attached hydrogen (secondary N) is 1. The summed E-state index contributed by atoms with van der Waals surface area (Å²) >= 11 is 7.10. The van der Waals surface area contributed by atoms with Gasteiger partial charge in [-0.15, -0.1) is 11.3 Å². The van der Waals surface area contributed by atoms with Crippen molar-refractivity contribution >= 4 is 44.0 Å². The van der Waals surface area contributed by atoms with Crippen molar-refractivity contribution in [3.05, 3.63) is 39.9 Å². The Balaban J connectivity index is 2.06. The molecule has 1 heterocycles. The van der Waals surface area contributed by atoms with E-state index in [1.54, 1.807) is 0 Å². The van der Waals surface area contributed by atoms with Crippen LogP contribution >= 0.6 is 22.9 Å². The Labute approximate surface area is 144 Å². The quantitative estimate of drug-likeness (QED) is 0.873. The minimum Gasteiger partial charge on any atom is -0.301 e. The van der Waals surface area contributed by atoms with Crippen LogP contribution in [0.1, 0.15) is 10.6 Å². The number of anilines is 1. The van der Waals surface area contributed by atoms with E-state index in [-0.39, 0.29) is 11.4 Å². The Morgan fingerprint density at radius 2 is 1.91 bits per heavy atom. The van der Waals surface area contributed by atoms with Gasteiger partial charge in [-0.25, -0.2) is 13.4 Å². The third kappa shape index (κ3) is 4.29. The Hall–Kier alpha value is -1.48. The summed E-state index contributed by atoms with van der Waals surface area (Å²) in [6.45, 7) is 3.45. The molecule has 0 aliphatic heterocycles. The maximum atomic E-state index is 12.4. The minimum absolute atomic E-state index is 0.0816. The highest BCUT2D eigenvalue weighted by Crippen LogP contribution is 2.21. The van der Waals surface area contributed by atoms with Crippen molar-refractivity contribution in [3.63, 3.8) is 0 Å². The number of benzene rings is 1. The van der Waals surface area contributed by atoms with Crippen LogP contribution in [0.4, 0.5) is 5.13 Å². The van der Waals surface area contributed by atoms with Crippen molar-refractivity contribution < 1.29 is 13.2 Å². The number of carbonyl (C=O) groups excluding carboxylic acids is 1. The fraction of sp³-hybridized carbons (Fsp3) is 0.286. The number of nitrogens with zero attached hydrogens (tertiary/aromatic N) is 2. The summed E-state index contributed by atoms with van der Waals surface area (Å²) in [5.74, 6) is -0.446. The first kappa shape index (κ1) is 17.9. The molecule has 0 saturated heterocycles. The van der Waals surface area contributed by atoms with Crippen LogP contribution in [0.2, 0.25) is 5.02 Å². The van der Waals surface area contributed by atoms with Crippen molar-refractivity contribution in [2.24, 2.45) is 0 Å². The number of aromatic nitrogens is 1. The molecule has 1 aromatic heterocycles. The highest BCUT2D eigenvalue weighted by atomic mass is 35.5. The highest BCUT2D eigenvalue weighted by Gasteiger charge is 2.23. The van der Waals surface area contributed by atoms with E-state index in [2.05, 4.69) is 10.3 Å². The molecular formula is C14H16ClN3O3S2. The molecule has 6 nitrogen and oxygen atoms in total. The maximum absolute atomic E-state index is 12.4. The molecule has 0 bridgehead atoms. The average molecular weight is 374 g/mol. The fourth-order valence-electron chi connectivity index (χ4n) is 1.76. The van der Waals surface area contributed by atoms with Crippen molar-refractivity contribution in [2.75, 3.05) is 18.9 Å². The summed E-state index contributed by atoms with van der Waals surface area (Å²) in [5.41, 5.74) is 0.840. The van der Waals surface area contributed by atoms with Gasteiger partial charge in [0.05, 0.1) is 17.1 Å². The molecule has 0 aliphatic rings. The molecule has 0 aliphatic carbocycles. The zero-order valence-corrected chi connectivity index (χ0v) is 15.2. The second-order valence-electron chi connectivity index (χ2n) is 4.92. The number of carbonyl (C=O) groups is 1. The largest absolute Gasteiger partial charge is 0.301 e. The minimum atomic E-state index is -3.75. The third-order valence-corrected chi connectivity index (χ3v) is 6.22. The molecule has 2 aromatic rings. The lowest BCUT2D eigenvalue weighted by Crippen LogP contribution is -2.34. The van der Waals surface area contributed by atoms with E-state index in [9.17, 15) is 13.2 Å². The average Bonchev–Trinajstić information content (AvgIpc) is 2.77. The number of halogens is 1. The van der Waals surface area contributed by atoms with Gasteiger partial charge in [-0.1, -0.05) is 11.6 Å². The van der Waals surface area contributed by atoms with E-state index < -0.39 is 15.9 Å². The van der Waals surface area contributed by atoms with Gasteiger partial charge in [-0.2, -0.15) is 4.31 Å². The molecule has 124 valence electrons. The molecule has 9 heteroatoms. The van der Waals surface area contributed by atoms with E-state index in [0.717, 1.165) is 14.9 Å². The lowest BCUT2D eigenvalue weighted by Gasteiger charge is -2.16. The summed E-state index contributed by atoms with van der Waals surface area (Å²) in [7, 11) is -2.40. The number of rotatable bonds is 5. The van der Waals surface area contributed by atoms with Gasteiger partial charge in [0.15, 0.2) is 5.13 Å².